The summed E-state index contributed by atoms with van der Waals surface area (Å²) in [6.45, 7) is -2.59. The third-order valence-corrected chi connectivity index (χ3v) is 22.7. The van der Waals surface area contributed by atoms with E-state index in [1.807, 2.05) is 0 Å². The van der Waals surface area contributed by atoms with Crippen LogP contribution in [-0.4, -0.2) is 439 Å². The van der Waals surface area contributed by atoms with Gasteiger partial charge in [0, 0.05) is 141 Å². The Morgan fingerprint density at radius 2 is 0.757 bits per heavy atom. The lowest BCUT2D eigenvalue weighted by atomic mass is 9.77. The van der Waals surface area contributed by atoms with Crippen LogP contribution in [0.3, 0.4) is 0 Å². The van der Waals surface area contributed by atoms with Crippen molar-refractivity contribution >= 4 is 11.8 Å². The number of rotatable bonds is 31. The average Bonchev–Trinajstić information content (AvgIpc) is 0.778. The Morgan fingerprint density at radius 3 is 1.13 bits per heavy atom. The third kappa shape index (κ3) is 24.2. The standard InChI is InChI=1S/C27H51N7O11.C20H37N7O11.C18H36N4O10/c1-29-6-13-19(38)12-42-26(22(13)40)44-23-16(11-37)24(18(31-3)5-17(23)30-2)45-27-25(41-4)15(10-36)14(9-35)20(43-27)7-32-21(39)8-33-34-28;21-2-6-9(28)5-35-19(12(6)30)37-17-7(22)1-8(23)18(16(17)34)38-20-15(33)14(32)13(31)10(36-20)3-25-11(29)4-26-27-24;19-2-5-8(23)4-29-17(10(5)24)31-15-6(21)1-7(22)16(14(15)28)32-18-13(27)12(26)11(25)9(3-20)30-18/h13-20,22-27,29-31,35-38,40H,5-12H2,1-4H3,(H,32,39);6-10,12-20,28,30-34H,1-5,21-23H2,(H,25,29);5-18,23-28H,1-4,19-22H2/t13?,14-,15-,16+,17+,18?,19-,20?,22+,23?,24-,25?,26+,27+;6?,7-,8?,9+,10?,12-,13-,14+,15?,16-,17?,18-,19-,20-;5?,6-,7?,8+,9?,10-,11-,12+,13?,14-,15?,16-,17-,18-/m011/s1. The number of nitrogens with two attached hydrogens (primary N) is 7. The number of ether oxygens (including phenoxy) is 13. The number of carbonyl (C=O) groups is 2. The Hall–Kier alpha value is -4.04. The topological polar surface area (TPSA) is 838 Å². The Morgan fingerprint density at radius 1 is 0.400 bits per heavy atom. The summed E-state index contributed by atoms with van der Waals surface area (Å²) >= 11 is 0. The number of methoxy groups -OCH3 is 1. The van der Waals surface area contributed by atoms with E-state index in [2.05, 4.69) is 46.6 Å². The number of likely N-dealkylation sites (N-methyl/N-ethyl adjacent to an activating group) is 2. The van der Waals surface area contributed by atoms with Crippen molar-refractivity contribution in [1.82, 2.24) is 26.6 Å². The largest absolute Gasteiger partial charge is 0.396 e. The van der Waals surface area contributed by atoms with E-state index in [9.17, 15) is 96.4 Å². The first-order valence-corrected chi connectivity index (χ1v) is 38.1. The molecule has 0 bridgehead atoms. The molecule has 115 heavy (non-hydrogen) atoms. The first-order valence-electron chi connectivity index (χ1n) is 38.1. The summed E-state index contributed by atoms with van der Waals surface area (Å²) in [4.78, 5) is 28.9. The molecule has 6 aliphatic heterocycles. The van der Waals surface area contributed by atoms with E-state index < -0.39 is 269 Å². The fourth-order valence-electron chi connectivity index (χ4n) is 16.0. The van der Waals surface area contributed by atoms with Gasteiger partial charge in [0.25, 0.3) is 0 Å². The van der Waals surface area contributed by atoms with E-state index in [4.69, 9.17) is 113 Å². The van der Waals surface area contributed by atoms with Crippen molar-refractivity contribution in [3.63, 3.8) is 0 Å². The van der Waals surface area contributed by atoms with Crippen molar-refractivity contribution in [2.24, 2.45) is 85.9 Å². The molecule has 9 fully saturated rings. The second-order valence-corrected chi connectivity index (χ2v) is 30.0. The SMILES string of the molecule is CNCC1[C@@H](O)[C@@H](OC2[C@@H](CO)[C@H](O[C@H]3OC(CNC(=O)CN=[N+]=[N-])[C@@H](CO)[C@H](CO)C3OC)C(NC)C[C@H]2NC)OC[C@@H]1O.NCC1O[C@H](O[C@@H]2C(N)C[C@@H](N)C(O[C@H]3OC[C@H](O)C(CN)[C@H]3O)[C@H]2O)C(O)[C@@H](O)[C@@H]1O.[N-]=[N+]=NCC(=O)NCC1O[C@H](O[C@@H]2C(N)C[C@@H](N)C(O[C@H]3OC[C@H](O)C(CN)[C@H]3O)[C@H]2O)C(O)[C@@H](O)[C@@H]1O. The fraction of sp³-hybridized carbons (Fsp3) is 0.969. The van der Waals surface area contributed by atoms with E-state index in [0.29, 0.717) is 13.0 Å². The molecule has 36 N–H and O–H groups in total. The Balaban J connectivity index is 0.000000242. The van der Waals surface area contributed by atoms with Crippen LogP contribution in [-0.2, 0) is 71.2 Å². The van der Waals surface area contributed by atoms with Gasteiger partial charge in [-0.15, -0.1) is 0 Å². The minimum absolute atomic E-state index is 0.00513. The molecule has 3 saturated carbocycles. The summed E-state index contributed by atoms with van der Waals surface area (Å²) in [5.41, 5.74) is 58.1. The molecular formula is C65H124N18O32. The molecule has 6 saturated heterocycles. The zero-order valence-corrected chi connectivity index (χ0v) is 64.2. The molecule has 6 heterocycles. The van der Waals surface area contributed by atoms with Crippen molar-refractivity contribution in [2.75, 3.05) is 120 Å². The maximum absolute atomic E-state index is 12.1. The summed E-state index contributed by atoms with van der Waals surface area (Å²) < 4.78 is 75.4. The first kappa shape index (κ1) is 98.1. The minimum atomic E-state index is -1.76. The van der Waals surface area contributed by atoms with Crippen LogP contribution in [0.25, 0.3) is 20.9 Å². The van der Waals surface area contributed by atoms with Gasteiger partial charge in [0.1, 0.15) is 123 Å². The van der Waals surface area contributed by atoms with Gasteiger partial charge < -0.3 is 215 Å². The Labute approximate surface area is 661 Å². The zero-order valence-electron chi connectivity index (χ0n) is 64.2. The number of hydrogen-bond acceptors (Lipinski definition) is 44. The quantitative estimate of drug-likeness (QED) is 0.0174. The van der Waals surface area contributed by atoms with Gasteiger partial charge in [-0.1, -0.05) is 10.2 Å². The highest BCUT2D eigenvalue weighted by Crippen LogP contribution is 2.40. The molecular weight excluding hydrogens is 1540 g/mol. The molecule has 0 aromatic carbocycles. The molecule has 50 heteroatoms. The van der Waals surface area contributed by atoms with E-state index in [-0.39, 0.29) is 97.3 Å². The Bertz CT molecular complexity index is 2990. The lowest BCUT2D eigenvalue weighted by Gasteiger charge is -2.51. The molecule has 0 aromatic heterocycles. The van der Waals surface area contributed by atoms with E-state index >= 15 is 0 Å². The molecule has 9 rings (SSSR count). The summed E-state index contributed by atoms with van der Waals surface area (Å²) in [6.07, 6.45) is -36.2. The minimum Gasteiger partial charge on any atom is -0.396 e. The lowest BCUT2D eigenvalue weighted by molar-refractivity contribution is -0.329. The molecule has 50 nitrogen and oxygen atoms in total. The summed E-state index contributed by atoms with van der Waals surface area (Å²) in [5.74, 6) is -5.12. The van der Waals surface area contributed by atoms with Gasteiger partial charge in [-0.3, -0.25) is 9.59 Å². The molecule has 42 atom stereocenters. The van der Waals surface area contributed by atoms with E-state index in [1.54, 1.807) is 21.1 Å². The van der Waals surface area contributed by atoms with Gasteiger partial charge in [-0.05, 0) is 51.5 Å². The molecule has 0 aromatic rings. The summed E-state index contributed by atoms with van der Waals surface area (Å²) in [6, 6.07) is -3.84. The predicted octanol–water partition coefficient (Wildman–Crippen LogP) is -16.1. The number of aliphatic hydroxyl groups is 17. The highest BCUT2D eigenvalue weighted by atomic mass is 16.7. The predicted molar refractivity (Wildman–Crippen MR) is 388 cm³/mol. The number of aliphatic hydroxyl groups excluding tert-OH is 17. The second-order valence-electron chi connectivity index (χ2n) is 30.0. The number of carbonyl (C=O) groups excluding carboxylic acids is 2. The van der Waals surface area contributed by atoms with Crippen LogP contribution >= 0.6 is 0 Å². The molecule has 0 spiro atoms. The van der Waals surface area contributed by atoms with Gasteiger partial charge in [0.2, 0.25) is 11.8 Å². The monoisotopic (exact) mass is 1670 g/mol. The summed E-state index contributed by atoms with van der Waals surface area (Å²) in [7, 11) is 6.68. The van der Waals surface area contributed by atoms with Crippen LogP contribution < -0.4 is 66.7 Å². The van der Waals surface area contributed by atoms with Crippen LogP contribution in [0.15, 0.2) is 10.2 Å². The number of hydrogen-bond donors (Lipinski definition) is 29. The molecule has 666 valence electrons. The van der Waals surface area contributed by atoms with Gasteiger partial charge in [-0.25, -0.2) is 0 Å². The van der Waals surface area contributed by atoms with Crippen molar-refractivity contribution in [2.45, 2.75) is 240 Å². The molecule has 15 unspecified atom stereocenters. The number of amides is 2. The van der Waals surface area contributed by atoms with Crippen LogP contribution in [0.5, 0.6) is 0 Å². The lowest BCUT2D eigenvalue weighted by Crippen LogP contribution is -2.67. The van der Waals surface area contributed by atoms with E-state index in [1.165, 1.54) is 7.11 Å². The number of nitrogens with zero attached hydrogens (tertiary/aromatic N) is 6. The number of nitrogens with one attached hydrogen (secondary N) is 5. The maximum atomic E-state index is 12.1. The van der Waals surface area contributed by atoms with Gasteiger partial charge in [0.05, 0.1) is 63.1 Å². The second kappa shape index (κ2) is 46.8. The van der Waals surface area contributed by atoms with Gasteiger partial charge in [0.15, 0.2) is 37.7 Å². The van der Waals surface area contributed by atoms with Crippen molar-refractivity contribution in [1.29, 1.82) is 0 Å². The van der Waals surface area contributed by atoms with Crippen molar-refractivity contribution in [3.8, 4) is 0 Å². The molecule has 3 aliphatic carbocycles. The highest BCUT2D eigenvalue weighted by Gasteiger charge is 2.57. The maximum Gasteiger partial charge on any atom is 0.225 e. The molecule has 2 amide bonds. The summed E-state index contributed by atoms with van der Waals surface area (Å²) in [5, 5.41) is 198. The third-order valence-electron chi connectivity index (χ3n) is 22.7. The average molecular weight is 1670 g/mol. The van der Waals surface area contributed by atoms with Crippen molar-refractivity contribution in [3.05, 3.63) is 20.9 Å². The van der Waals surface area contributed by atoms with Crippen LogP contribution in [0.2, 0.25) is 0 Å². The Kier molecular flexibility index (Phi) is 39.9. The highest BCUT2D eigenvalue weighted by molar-refractivity contribution is 5.78. The fourth-order valence-corrected chi connectivity index (χ4v) is 16.0. The van der Waals surface area contributed by atoms with Crippen molar-refractivity contribution < 1.29 is 158 Å². The van der Waals surface area contributed by atoms with E-state index in [0.717, 1.165) is 0 Å². The smallest absolute Gasteiger partial charge is 0.225 e. The molecule has 9 aliphatic rings. The van der Waals surface area contributed by atoms with Gasteiger partial charge >= 0.3 is 0 Å². The van der Waals surface area contributed by atoms with Crippen LogP contribution in [0, 0.1) is 35.5 Å². The van der Waals surface area contributed by atoms with Crippen LogP contribution in [0.4, 0.5) is 0 Å². The first-order chi connectivity index (χ1) is 54.8. The van der Waals surface area contributed by atoms with Gasteiger partial charge in [-0.2, -0.15) is 0 Å². The van der Waals surface area contributed by atoms with Crippen LogP contribution in [0.1, 0.15) is 19.3 Å². The number of azide groups is 2. The normalized spacial score (nSPS) is 45.6. The molecule has 0 radical (unpaired) electrons. The zero-order chi connectivity index (χ0) is 85.0.